The number of hydrogen-bond donors (Lipinski definition) is 4. The first-order valence-electron chi connectivity index (χ1n) is 17.8. The molecule has 0 saturated heterocycles. The number of carboxylic acids is 4. The molecule has 2 unspecified atom stereocenters. The van der Waals surface area contributed by atoms with E-state index in [-0.39, 0.29) is 44.5 Å². The number of carboxylic acid groups (broad SMARTS) is 4. The van der Waals surface area contributed by atoms with Crippen molar-refractivity contribution in [3.63, 3.8) is 0 Å². The molecule has 1 fully saturated rings. The highest BCUT2D eigenvalue weighted by Gasteiger charge is 2.36. The van der Waals surface area contributed by atoms with Crippen LogP contribution in [0.4, 0.5) is 0 Å². The number of hydrogen-bond acceptors (Lipinski definition) is 12. The lowest BCUT2D eigenvalue weighted by atomic mass is 9.77. The highest BCUT2D eigenvalue weighted by Crippen LogP contribution is 2.36. The summed E-state index contributed by atoms with van der Waals surface area (Å²) in [6.45, 7) is -0.784. The molecule has 5 rings (SSSR count). The number of esters is 4. The molecule has 58 heavy (non-hydrogen) atoms. The number of carbonyl (C=O) groups is 8. The maximum absolute atomic E-state index is 13.3. The van der Waals surface area contributed by atoms with Crippen LogP contribution in [0.5, 0.6) is 0 Å². The quantitative estimate of drug-likeness (QED) is 0.0777. The van der Waals surface area contributed by atoms with Crippen molar-refractivity contribution in [2.75, 3.05) is 13.2 Å². The molecule has 0 spiro atoms. The third-order valence-electron chi connectivity index (χ3n) is 9.61. The van der Waals surface area contributed by atoms with Gasteiger partial charge in [0, 0.05) is 0 Å². The second-order valence-corrected chi connectivity index (χ2v) is 13.3. The van der Waals surface area contributed by atoms with Crippen molar-refractivity contribution >= 4 is 47.8 Å². The molecule has 1 aliphatic carbocycles. The van der Waals surface area contributed by atoms with Crippen LogP contribution in [0.2, 0.25) is 0 Å². The first-order chi connectivity index (χ1) is 27.7. The van der Waals surface area contributed by atoms with E-state index in [9.17, 15) is 58.8 Å². The van der Waals surface area contributed by atoms with Crippen LogP contribution in [0.15, 0.2) is 97.1 Å². The average molecular weight is 797 g/mol. The lowest BCUT2D eigenvalue weighted by Gasteiger charge is -2.36. The van der Waals surface area contributed by atoms with Crippen LogP contribution in [0.25, 0.3) is 0 Å². The van der Waals surface area contributed by atoms with Gasteiger partial charge in [-0.2, -0.15) is 0 Å². The Balaban J connectivity index is 1.31. The molecule has 0 heterocycles. The fourth-order valence-electron chi connectivity index (χ4n) is 6.31. The van der Waals surface area contributed by atoms with E-state index in [0.29, 0.717) is 25.7 Å². The molecule has 2 atom stereocenters. The van der Waals surface area contributed by atoms with Crippen LogP contribution >= 0.6 is 0 Å². The van der Waals surface area contributed by atoms with Crippen LogP contribution in [0, 0.1) is 11.8 Å². The molecule has 1 saturated carbocycles. The van der Waals surface area contributed by atoms with Gasteiger partial charge in [0.25, 0.3) is 0 Å². The zero-order valence-corrected chi connectivity index (χ0v) is 30.5. The van der Waals surface area contributed by atoms with Gasteiger partial charge in [0.15, 0.2) is 0 Å². The van der Waals surface area contributed by atoms with E-state index >= 15 is 0 Å². The molecule has 16 nitrogen and oxygen atoms in total. The van der Waals surface area contributed by atoms with Gasteiger partial charge in [0.2, 0.25) is 0 Å². The molecule has 4 N–H and O–H groups in total. The highest BCUT2D eigenvalue weighted by molar-refractivity contribution is 5.95. The Morgan fingerprint density at radius 2 is 0.586 bits per heavy atom. The second-order valence-electron chi connectivity index (χ2n) is 13.3. The minimum absolute atomic E-state index is 0.0433. The van der Waals surface area contributed by atoms with Crippen LogP contribution in [-0.2, 0) is 18.9 Å². The second kappa shape index (κ2) is 19.0. The summed E-state index contributed by atoms with van der Waals surface area (Å²) in [7, 11) is 0. The van der Waals surface area contributed by atoms with E-state index in [1.807, 2.05) is 0 Å². The maximum Gasteiger partial charge on any atom is 0.338 e. The molecule has 0 amide bonds. The normalized spacial score (nSPS) is 15.8. The molecule has 0 aliphatic heterocycles. The molecule has 0 aromatic heterocycles. The van der Waals surface area contributed by atoms with Crippen molar-refractivity contribution in [1.82, 2.24) is 0 Å². The molecule has 0 radical (unpaired) electrons. The van der Waals surface area contributed by atoms with E-state index < -0.39 is 85.0 Å². The van der Waals surface area contributed by atoms with E-state index in [2.05, 4.69) is 0 Å². The van der Waals surface area contributed by atoms with Gasteiger partial charge in [0.05, 0.1) is 44.5 Å². The van der Waals surface area contributed by atoms with Gasteiger partial charge < -0.3 is 39.4 Å². The van der Waals surface area contributed by atoms with Crippen molar-refractivity contribution in [2.45, 2.75) is 37.9 Å². The Hall–Kier alpha value is -7.36. The van der Waals surface area contributed by atoms with Gasteiger partial charge in [-0.05, 0) is 135 Å². The van der Waals surface area contributed by atoms with E-state index in [1.165, 1.54) is 97.1 Å². The smallest absolute Gasteiger partial charge is 0.338 e. The summed E-state index contributed by atoms with van der Waals surface area (Å²) in [5.41, 5.74) is 0.00291. The van der Waals surface area contributed by atoms with Gasteiger partial charge >= 0.3 is 47.8 Å². The van der Waals surface area contributed by atoms with Crippen LogP contribution in [0.1, 0.15) is 109 Å². The Bertz CT molecular complexity index is 2010. The van der Waals surface area contributed by atoms with Gasteiger partial charge in [-0.3, -0.25) is 0 Å². The number of rotatable bonds is 16. The lowest BCUT2D eigenvalue weighted by molar-refractivity contribution is -0.0455. The summed E-state index contributed by atoms with van der Waals surface area (Å²) in [6, 6.07) is 20.1. The molecular weight excluding hydrogens is 760 g/mol. The topological polar surface area (TPSA) is 254 Å². The zero-order valence-electron chi connectivity index (χ0n) is 30.5. The summed E-state index contributed by atoms with van der Waals surface area (Å²) in [5, 5.41) is 36.8. The SMILES string of the molecule is O=C(O)c1ccc(C(=O)OCC(OC(=O)c2ccc(C(=O)O)cc2)C2CCC(C(COC(=O)c3ccc(C(=O)O)cc3)OC(=O)c3ccc(C(=O)O)cc3)CC2)cc1. The van der Waals surface area contributed by atoms with Crippen molar-refractivity contribution in [3.8, 4) is 0 Å². The predicted octanol–water partition coefficient (Wildman–Crippen LogP) is 5.75. The zero-order chi connectivity index (χ0) is 41.9. The van der Waals surface area contributed by atoms with Gasteiger partial charge in [-0.1, -0.05) is 0 Å². The lowest BCUT2D eigenvalue weighted by Crippen LogP contribution is -2.39. The van der Waals surface area contributed by atoms with Gasteiger partial charge in [0.1, 0.15) is 25.4 Å². The molecule has 300 valence electrons. The van der Waals surface area contributed by atoms with Crippen molar-refractivity contribution < 1.29 is 77.7 Å². The van der Waals surface area contributed by atoms with Crippen molar-refractivity contribution in [2.24, 2.45) is 11.8 Å². The Morgan fingerprint density at radius 3 is 0.810 bits per heavy atom. The number of aromatic carboxylic acids is 4. The molecule has 16 heteroatoms. The monoisotopic (exact) mass is 796 g/mol. The van der Waals surface area contributed by atoms with Crippen LogP contribution in [0.3, 0.4) is 0 Å². The number of benzene rings is 4. The molecule has 0 bridgehead atoms. The Kier molecular flexibility index (Phi) is 13.7. The predicted molar refractivity (Wildman–Crippen MR) is 198 cm³/mol. The minimum atomic E-state index is -1.19. The van der Waals surface area contributed by atoms with Crippen molar-refractivity contribution in [1.29, 1.82) is 0 Å². The summed E-state index contributed by atoms with van der Waals surface area (Å²) in [5.74, 6) is -8.80. The van der Waals surface area contributed by atoms with Gasteiger partial charge in [-0.15, -0.1) is 0 Å². The maximum atomic E-state index is 13.3. The average Bonchev–Trinajstić information content (AvgIpc) is 3.23. The van der Waals surface area contributed by atoms with Gasteiger partial charge in [-0.25, -0.2) is 38.4 Å². The van der Waals surface area contributed by atoms with E-state index in [1.54, 1.807) is 0 Å². The Morgan fingerprint density at radius 1 is 0.379 bits per heavy atom. The molecule has 4 aromatic carbocycles. The third-order valence-corrected chi connectivity index (χ3v) is 9.61. The number of carbonyl (C=O) groups excluding carboxylic acids is 4. The summed E-state index contributed by atoms with van der Waals surface area (Å²) >= 11 is 0. The summed E-state index contributed by atoms with van der Waals surface area (Å²) in [6.07, 6.45) is -0.630. The third kappa shape index (κ3) is 10.9. The van der Waals surface area contributed by atoms with Crippen molar-refractivity contribution in [3.05, 3.63) is 142 Å². The first-order valence-corrected chi connectivity index (χ1v) is 17.8. The minimum Gasteiger partial charge on any atom is -0.478 e. The molecule has 1 aliphatic rings. The number of ether oxygens (including phenoxy) is 4. The van der Waals surface area contributed by atoms with E-state index in [0.717, 1.165) is 0 Å². The van der Waals surface area contributed by atoms with Crippen LogP contribution in [-0.4, -0.2) is 93.6 Å². The fraction of sp³-hybridized carbons (Fsp3) is 0.238. The fourth-order valence-corrected chi connectivity index (χ4v) is 6.31. The standard InChI is InChI=1S/C42H36O16/c43-35(44)25-5-13-29(14-6-25)39(51)55-21-33(57-41(53)31-17-9-27(10-18-31)37(47)48)23-1-2-24(4-3-23)34(58-42(54)32-19-11-28(12-20-32)38(49)50)22-56-40(52)30-15-7-26(8-16-30)36(45)46/h5-20,23-24,33-34H,1-4,21-22H2,(H,43,44)(H,45,46)(H,47,48)(H,49,50). The summed E-state index contributed by atoms with van der Waals surface area (Å²) in [4.78, 5) is 97.5. The van der Waals surface area contributed by atoms with E-state index in [4.69, 9.17) is 18.9 Å². The summed E-state index contributed by atoms with van der Waals surface area (Å²) < 4.78 is 22.7. The van der Waals surface area contributed by atoms with Crippen LogP contribution < -0.4 is 0 Å². The molecule has 4 aromatic rings. The highest BCUT2D eigenvalue weighted by atomic mass is 16.6. The Labute approximate surface area is 329 Å². The first kappa shape index (κ1) is 41.8. The molecular formula is C42H36O16. The largest absolute Gasteiger partial charge is 0.478 e.